The van der Waals surface area contributed by atoms with E-state index in [9.17, 15) is 4.79 Å². The Hall–Kier alpha value is -2.64. The summed E-state index contributed by atoms with van der Waals surface area (Å²) in [6, 6.07) is 3.89. The minimum atomic E-state index is 0.0851. The molecule has 2 aromatic heterocycles. The first-order valence-corrected chi connectivity index (χ1v) is 8.63. The van der Waals surface area contributed by atoms with E-state index in [-0.39, 0.29) is 11.8 Å². The smallest absolute Gasteiger partial charge is 0.226 e. The normalized spacial score (nSPS) is 20.0. The molecule has 2 aromatic rings. The molecular weight excluding hydrogens is 320 g/mol. The van der Waals surface area contributed by atoms with Crippen molar-refractivity contribution in [3.63, 3.8) is 0 Å². The quantitative estimate of drug-likeness (QED) is 0.790. The van der Waals surface area contributed by atoms with Crippen LogP contribution in [0.1, 0.15) is 25.7 Å². The molecule has 2 N–H and O–H groups in total. The van der Waals surface area contributed by atoms with Crippen LogP contribution in [0.2, 0.25) is 0 Å². The summed E-state index contributed by atoms with van der Waals surface area (Å²) in [5.41, 5.74) is 0. The Morgan fingerprint density at radius 1 is 1.32 bits per heavy atom. The summed E-state index contributed by atoms with van der Waals surface area (Å²) >= 11 is 0. The average molecular weight is 344 g/mol. The van der Waals surface area contributed by atoms with Crippen LogP contribution in [0.15, 0.2) is 30.7 Å². The Balaban J connectivity index is 1.39. The van der Waals surface area contributed by atoms with Crippen LogP contribution >= 0.6 is 0 Å². The van der Waals surface area contributed by atoms with E-state index in [1.165, 1.54) is 0 Å². The van der Waals surface area contributed by atoms with E-state index in [1.807, 2.05) is 16.9 Å². The number of hydrogen-bond donors (Lipinski definition) is 2. The van der Waals surface area contributed by atoms with Crippen molar-refractivity contribution in [2.45, 2.75) is 38.3 Å². The van der Waals surface area contributed by atoms with Gasteiger partial charge >= 0.3 is 0 Å². The van der Waals surface area contributed by atoms with Crippen LogP contribution in [-0.2, 0) is 11.3 Å². The van der Waals surface area contributed by atoms with E-state index < -0.39 is 0 Å². The number of ether oxygens (including phenoxy) is 1. The number of anilines is 1. The zero-order valence-corrected chi connectivity index (χ0v) is 14.4. The van der Waals surface area contributed by atoms with Crippen molar-refractivity contribution >= 4 is 11.9 Å². The van der Waals surface area contributed by atoms with Gasteiger partial charge in [0.1, 0.15) is 0 Å². The second-order valence-corrected chi connectivity index (χ2v) is 6.18. The van der Waals surface area contributed by atoms with Gasteiger partial charge in [0.05, 0.1) is 13.7 Å². The highest BCUT2D eigenvalue weighted by Crippen LogP contribution is 2.26. The first-order chi connectivity index (χ1) is 12.2. The van der Waals surface area contributed by atoms with E-state index in [0.717, 1.165) is 25.7 Å². The van der Waals surface area contributed by atoms with Gasteiger partial charge in [-0.2, -0.15) is 10.1 Å². The maximum atomic E-state index is 12.3. The van der Waals surface area contributed by atoms with Crippen LogP contribution < -0.4 is 15.4 Å². The molecule has 3 rings (SSSR count). The molecule has 1 saturated carbocycles. The number of amides is 1. The molecular formula is C17H24N6O2. The van der Waals surface area contributed by atoms with Crippen LogP contribution in [-0.4, -0.2) is 45.4 Å². The van der Waals surface area contributed by atoms with Gasteiger partial charge in [0.2, 0.25) is 17.7 Å². The third-order valence-electron chi connectivity index (χ3n) is 4.47. The lowest BCUT2D eigenvalue weighted by molar-refractivity contribution is -0.126. The van der Waals surface area contributed by atoms with Crippen molar-refractivity contribution in [2.24, 2.45) is 5.92 Å². The second kappa shape index (κ2) is 8.46. The van der Waals surface area contributed by atoms with Gasteiger partial charge in [-0.25, -0.2) is 4.98 Å². The zero-order chi connectivity index (χ0) is 17.5. The predicted octanol–water partition coefficient (Wildman–Crippen LogP) is 1.47. The Kier molecular flexibility index (Phi) is 5.81. The molecule has 2 heterocycles. The number of aromatic nitrogens is 4. The maximum absolute atomic E-state index is 12.3. The largest absolute Gasteiger partial charge is 0.481 e. The Morgan fingerprint density at radius 2 is 2.16 bits per heavy atom. The van der Waals surface area contributed by atoms with Gasteiger partial charge in [0.15, 0.2) is 0 Å². The van der Waals surface area contributed by atoms with Crippen LogP contribution in [0.4, 0.5) is 5.95 Å². The third kappa shape index (κ3) is 4.91. The third-order valence-corrected chi connectivity index (χ3v) is 4.47. The molecule has 8 heteroatoms. The minimum absolute atomic E-state index is 0.0851. The molecule has 0 aliphatic heterocycles. The standard InChI is InChI=1S/C17H24N6O2/c1-25-15-7-9-19-17(22-15)21-14-5-3-13(4-6-14)16(24)18-10-12-23-11-2-8-20-23/h2,7-9,11,13-14H,3-6,10,12H2,1H3,(H,18,24)(H,19,21,22). The van der Waals surface area contributed by atoms with Crippen LogP contribution in [0.3, 0.4) is 0 Å². The van der Waals surface area contributed by atoms with Crippen molar-refractivity contribution in [3.8, 4) is 5.88 Å². The lowest BCUT2D eigenvalue weighted by Crippen LogP contribution is -2.37. The molecule has 0 bridgehead atoms. The fourth-order valence-electron chi connectivity index (χ4n) is 3.08. The summed E-state index contributed by atoms with van der Waals surface area (Å²) in [4.78, 5) is 20.8. The predicted molar refractivity (Wildman–Crippen MR) is 93.2 cm³/mol. The van der Waals surface area contributed by atoms with Gasteiger partial charge in [0, 0.05) is 43.2 Å². The fourth-order valence-corrected chi connectivity index (χ4v) is 3.08. The van der Waals surface area contributed by atoms with Gasteiger partial charge in [-0.1, -0.05) is 0 Å². The number of rotatable bonds is 7. The molecule has 0 aromatic carbocycles. The van der Waals surface area contributed by atoms with E-state index in [4.69, 9.17) is 4.74 Å². The van der Waals surface area contributed by atoms with Crippen molar-refractivity contribution in [2.75, 3.05) is 19.0 Å². The van der Waals surface area contributed by atoms with Crippen molar-refractivity contribution in [1.29, 1.82) is 0 Å². The highest BCUT2D eigenvalue weighted by atomic mass is 16.5. The summed E-state index contributed by atoms with van der Waals surface area (Å²) in [6.07, 6.45) is 8.90. The first kappa shape index (κ1) is 17.2. The van der Waals surface area contributed by atoms with Crippen LogP contribution in [0.25, 0.3) is 0 Å². The lowest BCUT2D eigenvalue weighted by atomic mass is 9.85. The monoisotopic (exact) mass is 344 g/mol. The fraction of sp³-hybridized carbons (Fsp3) is 0.529. The topological polar surface area (TPSA) is 94.0 Å². The van der Waals surface area contributed by atoms with Crippen LogP contribution in [0.5, 0.6) is 5.88 Å². The summed E-state index contributed by atoms with van der Waals surface area (Å²) < 4.78 is 6.92. The first-order valence-electron chi connectivity index (χ1n) is 8.63. The molecule has 1 aliphatic rings. The average Bonchev–Trinajstić information content (AvgIpc) is 3.16. The molecule has 134 valence electrons. The van der Waals surface area contributed by atoms with E-state index in [0.29, 0.717) is 31.0 Å². The molecule has 25 heavy (non-hydrogen) atoms. The molecule has 0 unspecified atom stereocenters. The number of hydrogen-bond acceptors (Lipinski definition) is 6. The Morgan fingerprint density at radius 3 is 2.88 bits per heavy atom. The molecule has 0 atom stereocenters. The zero-order valence-electron chi connectivity index (χ0n) is 14.4. The lowest BCUT2D eigenvalue weighted by Gasteiger charge is -2.28. The van der Waals surface area contributed by atoms with Crippen molar-refractivity contribution < 1.29 is 9.53 Å². The minimum Gasteiger partial charge on any atom is -0.481 e. The molecule has 8 nitrogen and oxygen atoms in total. The van der Waals surface area contributed by atoms with Gasteiger partial charge in [0.25, 0.3) is 0 Å². The van der Waals surface area contributed by atoms with E-state index in [2.05, 4.69) is 25.7 Å². The van der Waals surface area contributed by atoms with Crippen molar-refractivity contribution in [3.05, 3.63) is 30.7 Å². The maximum Gasteiger partial charge on any atom is 0.226 e. The summed E-state index contributed by atoms with van der Waals surface area (Å²) in [5, 5.41) is 10.5. The Bertz CT molecular complexity index is 668. The number of carbonyl (C=O) groups is 1. The molecule has 1 aliphatic carbocycles. The summed E-state index contributed by atoms with van der Waals surface area (Å²) in [7, 11) is 1.59. The van der Waals surface area contributed by atoms with E-state index >= 15 is 0 Å². The number of nitrogens with one attached hydrogen (secondary N) is 2. The van der Waals surface area contributed by atoms with Crippen LogP contribution in [0, 0.1) is 5.92 Å². The summed E-state index contributed by atoms with van der Waals surface area (Å²) in [6.45, 7) is 1.30. The molecule has 0 radical (unpaired) electrons. The van der Waals surface area contributed by atoms with Gasteiger partial charge in [-0.3, -0.25) is 9.48 Å². The highest BCUT2D eigenvalue weighted by Gasteiger charge is 2.26. The SMILES string of the molecule is COc1ccnc(NC2CCC(C(=O)NCCn3cccn3)CC2)n1. The number of nitrogens with zero attached hydrogens (tertiary/aromatic N) is 4. The van der Waals surface area contributed by atoms with E-state index in [1.54, 1.807) is 25.6 Å². The highest BCUT2D eigenvalue weighted by molar-refractivity contribution is 5.78. The number of methoxy groups -OCH3 is 1. The molecule has 1 fully saturated rings. The molecule has 0 saturated heterocycles. The van der Waals surface area contributed by atoms with Crippen molar-refractivity contribution in [1.82, 2.24) is 25.1 Å². The molecule has 1 amide bonds. The van der Waals surface area contributed by atoms with Gasteiger partial charge in [-0.05, 0) is 31.7 Å². The molecule has 0 spiro atoms. The van der Waals surface area contributed by atoms with Gasteiger partial charge in [-0.15, -0.1) is 0 Å². The number of carbonyl (C=O) groups excluding carboxylic acids is 1. The second-order valence-electron chi connectivity index (χ2n) is 6.18. The Labute approximate surface area is 147 Å². The summed E-state index contributed by atoms with van der Waals surface area (Å²) in [5.74, 6) is 1.35. The van der Waals surface area contributed by atoms with Gasteiger partial charge < -0.3 is 15.4 Å².